The molecule has 1 aliphatic carbocycles. The zero-order valence-corrected chi connectivity index (χ0v) is 14.0. The number of aromatic nitrogens is 3. The molecule has 9 nitrogen and oxygen atoms in total. The van der Waals surface area contributed by atoms with Crippen molar-refractivity contribution in [2.45, 2.75) is 45.1 Å². The molecule has 0 aromatic carbocycles. The highest BCUT2D eigenvalue weighted by Crippen LogP contribution is 2.26. The molecule has 1 atom stereocenters. The van der Waals surface area contributed by atoms with Crippen LogP contribution in [0.15, 0.2) is 12.3 Å². The topological polar surface area (TPSA) is 132 Å². The van der Waals surface area contributed by atoms with E-state index < -0.39 is 6.09 Å². The average molecular weight is 346 g/mol. The highest BCUT2D eigenvalue weighted by Gasteiger charge is 2.21. The van der Waals surface area contributed by atoms with Crippen LogP contribution in [0.3, 0.4) is 0 Å². The largest absolute Gasteiger partial charge is 0.465 e. The number of nitrogens with one attached hydrogen (secondary N) is 4. The fraction of sp³-hybridized carbons (Fsp3) is 0.500. The number of fused-ring (bicyclic) bond motifs is 1. The smallest absolute Gasteiger partial charge is 0.410 e. The van der Waals surface area contributed by atoms with Gasteiger partial charge in [-0.05, 0) is 25.7 Å². The fourth-order valence-electron chi connectivity index (χ4n) is 3.29. The molecule has 0 unspecified atom stereocenters. The van der Waals surface area contributed by atoms with Gasteiger partial charge in [0.05, 0.1) is 10.9 Å². The van der Waals surface area contributed by atoms with Gasteiger partial charge in [-0.3, -0.25) is 15.7 Å². The van der Waals surface area contributed by atoms with E-state index in [2.05, 4.69) is 31.1 Å². The molecule has 3 amide bonds. The number of anilines is 2. The van der Waals surface area contributed by atoms with Crippen molar-refractivity contribution in [3.8, 4) is 0 Å². The molecular weight excluding hydrogens is 324 g/mol. The van der Waals surface area contributed by atoms with Crippen LogP contribution in [0.25, 0.3) is 10.9 Å². The molecule has 3 rings (SSSR count). The minimum absolute atomic E-state index is 0.113. The summed E-state index contributed by atoms with van der Waals surface area (Å²) < 4.78 is 0. The van der Waals surface area contributed by atoms with Crippen LogP contribution >= 0.6 is 0 Å². The predicted octanol–water partition coefficient (Wildman–Crippen LogP) is 3.14. The van der Waals surface area contributed by atoms with E-state index in [9.17, 15) is 9.59 Å². The van der Waals surface area contributed by atoms with Crippen molar-refractivity contribution in [3.05, 3.63) is 12.3 Å². The first-order valence-electron chi connectivity index (χ1n) is 8.44. The molecule has 0 spiro atoms. The fourth-order valence-corrected chi connectivity index (χ4v) is 3.29. The lowest BCUT2D eigenvalue weighted by Gasteiger charge is -2.28. The van der Waals surface area contributed by atoms with Crippen LogP contribution in [-0.2, 0) is 0 Å². The number of carbonyl (C=O) groups excluding carboxylic acids is 1. The maximum atomic E-state index is 12.2. The molecule has 0 radical (unpaired) electrons. The number of hydrogen-bond acceptors (Lipinski definition) is 4. The number of urea groups is 1. The van der Waals surface area contributed by atoms with E-state index in [1.165, 1.54) is 25.5 Å². The van der Waals surface area contributed by atoms with Gasteiger partial charge in [0, 0.05) is 18.3 Å². The van der Waals surface area contributed by atoms with Gasteiger partial charge in [-0.15, -0.1) is 0 Å². The van der Waals surface area contributed by atoms with Crippen molar-refractivity contribution < 1.29 is 14.7 Å². The summed E-state index contributed by atoms with van der Waals surface area (Å²) in [4.78, 5) is 27.0. The Kier molecular flexibility index (Phi) is 5.01. The second kappa shape index (κ2) is 7.37. The molecule has 2 aromatic heterocycles. The third kappa shape index (κ3) is 4.17. The summed E-state index contributed by atoms with van der Waals surface area (Å²) >= 11 is 0. The van der Waals surface area contributed by atoms with Crippen molar-refractivity contribution in [1.82, 2.24) is 20.5 Å². The summed E-state index contributed by atoms with van der Waals surface area (Å²) in [5.74, 6) is 1.07. The molecule has 5 N–H and O–H groups in total. The summed E-state index contributed by atoms with van der Waals surface area (Å²) in [5.41, 5.74) is 0.578. The normalized spacial score (nSPS) is 16.4. The number of rotatable bonds is 4. The van der Waals surface area contributed by atoms with Gasteiger partial charge in [0.1, 0.15) is 5.82 Å². The molecule has 25 heavy (non-hydrogen) atoms. The highest BCUT2D eigenvalue weighted by atomic mass is 16.4. The van der Waals surface area contributed by atoms with Crippen LogP contribution in [0, 0.1) is 5.92 Å². The molecule has 1 aliphatic rings. The molecular formula is C16H22N6O3. The molecule has 0 bridgehead atoms. The Hall–Kier alpha value is -2.84. The second-order valence-electron chi connectivity index (χ2n) is 6.40. The molecule has 2 heterocycles. The number of H-pyrrole nitrogens is 1. The highest BCUT2D eigenvalue weighted by molar-refractivity contribution is 5.98. The van der Waals surface area contributed by atoms with E-state index in [0.29, 0.717) is 22.6 Å². The number of hydrogen-bond donors (Lipinski definition) is 5. The Morgan fingerprint density at radius 1 is 1.28 bits per heavy atom. The number of pyridine rings is 1. The second-order valence-corrected chi connectivity index (χ2v) is 6.40. The Morgan fingerprint density at radius 3 is 2.76 bits per heavy atom. The van der Waals surface area contributed by atoms with Crippen LogP contribution in [0.1, 0.15) is 39.0 Å². The zero-order valence-electron chi connectivity index (χ0n) is 14.0. The maximum absolute atomic E-state index is 12.2. The van der Waals surface area contributed by atoms with Crippen molar-refractivity contribution in [1.29, 1.82) is 0 Å². The standard InChI is InChI=1S/C16H22N6O3/c1-9(10-5-3-2-4-6-10)18-15(23)19-13-7-12-11(8-17-13)14(22-21-12)20-16(24)25/h7-10H,2-6H2,1H3,(H,24,25)(H2,20,21,22)(H2,17,18,19,23)/t9-/m1/s1. The van der Waals surface area contributed by atoms with Gasteiger partial charge in [-0.2, -0.15) is 5.10 Å². The first kappa shape index (κ1) is 17.0. The number of nitrogens with zero attached hydrogens (tertiary/aromatic N) is 2. The Balaban J connectivity index is 1.62. The molecule has 0 aliphatic heterocycles. The molecule has 1 fully saturated rings. The Bertz CT molecular complexity index is 768. The van der Waals surface area contributed by atoms with Crippen LogP contribution < -0.4 is 16.0 Å². The average Bonchev–Trinajstić information content (AvgIpc) is 2.97. The van der Waals surface area contributed by atoms with E-state index >= 15 is 0 Å². The monoisotopic (exact) mass is 346 g/mol. The van der Waals surface area contributed by atoms with Gasteiger partial charge in [0.2, 0.25) is 0 Å². The zero-order chi connectivity index (χ0) is 17.8. The van der Waals surface area contributed by atoms with E-state index in [1.54, 1.807) is 6.07 Å². The number of aromatic amines is 1. The SMILES string of the molecule is C[C@@H](NC(=O)Nc1cc2[nH]nc(NC(=O)O)c2cn1)C1CCCCC1. The molecule has 1 saturated carbocycles. The van der Waals surface area contributed by atoms with Crippen molar-refractivity contribution in [2.75, 3.05) is 10.6 Å². The van der Waals surface area contributed by atoms with Gasteiger partial charge in [-0.1, -0.05) is 19.3 Å². The van der Waals surface area contributed by atoms with Gasteiger partial charge in [0.15, 0.2) is 5.82 Å². The summed E-state index contributed by atoms with van der Waals surface area (Å²) in [6.45, 7) is 2.03. The van der Waals surface area contributed by atoms with Crippen molar-refractivity contribution in [3.63, 3.8) is 0 Å². The lowest BCUT2D eigenvalue weighted by molar-refractivity contribution is 0.209. The first-order valence-corrected chi connectivity index (χ1v) is 8.44. The quantitative estimate of drug-likeness (QED) is 0.580. The predicted molar refractivity (Wildman–Crippen MR) is 93.7 cm³/mol. The Morgan fingerprint density at radius 2 is 2.04 bits per heavy atom. The van der Waals surface area contributed by atoms with E-state index in [1.807, 2.05) is 6.92 Å². The van der Waals surface area contributed by atoms with Gasteiger partial charge < -0.3 is 10.4 Å². The molecule has 2 aromatic rings. The molecule has 0 saturated heterocycles. The number of carbonyl (C=O) groups is 2. The minimum atomic E-state index is -1.20. The summed E-state index contributed by atoms with van der Waals surface area (Å²) in [6, 6.07) is 1.43. The van der Waals surface area contributed by atoms with Crippen LogP contribution in [0.2, 0.25) is 0 Å². The van der Waals surface area contributed by atoms with Gasteiger partial charge >= 0.3 is 12.1 Å². The number of carboxylic acid groups (broad SMARTS) is 1. The van der Waals surface area contributed by atoms with E-state index in [0.717, 1.165) is 12.8 Å². The minimum Gasteiger partial charge on any atom is -0.465 e. The lowest BCUT2D eigenvalue weighted by Crippen LogP contribution is -2.41. The summed E-state index contributed by atoms with van der Waals surface area (Å²) in [6.07, 6.45) is 6.29. The van der Waals surface area contributed by atoms with Crippen LogP contribution in [-0.4, -0.2) is 38.5 Å². The van der Waals surface area contributed by atoms with Crippen molar-refractivity contribution >= 4 is 34.7 Å². The Labute approximate surface area is 144 Å². The van der Waals surface area contributed by atoms with Crippen LogP contribution in [0.5, 0.6) is 0 Å². The third-order valence-corrected chi connectivity index (χ3v) is 4.63. The first-order chi connectivity index (χ1) is 12.0. The number of amides is 3. The van der Waals surface area contributed by atoms with Crippen molar-refractivity contribution in [2.24, 2.45) is 5.92 Å². The third-order valence-electron chi connectivity index (χ3n) is 4.63. The maximum Gasteiger partial charge on any atom is 0.410 e. The van der Waals surface area contributed by atoms with E-state index in [4.69, 9.17) is 5.11 Å². The summed E-state index contributed by atoms with van der Waals surface area (Å²) in [7, 11) is 0. The van der Waals surface area contributed by atoms with Crippen LogP contribution in [0.4, 0.5) is 21.2 Å². The lowest BCUT2D eigenvalue weighted by atomic mass is 9.85. The van der Waals surface area contributed by atoms with Gasteiger partial charge in [-0.25, -0.2) is 14.6 Å². The molecule has 134 valence electrons. The summed E-state index contributed by atoms with van der Waals surface area (Å²) in [5, 5.41) is 23.7. The molecule has 9 heteroatoms. The van der Waals surface area contributed by atoms with Gasteiger partial charge in [0.25, 0.3) is 0 Å². The van der Waals surface area contributed by atoms with E-state index in [-0.39, 0.29) is 17.9 Å².